The van der Waals surface area contributed by atoms with Gasteiger partial charge in [0.15, 0.2) is 0 Å². The van der Waals surface area contributed by atoms with E-state index in [1.807, 2.05) is 23.0 Å². The molecule has 0 aliphatic carbocycles. The van der Waals surface area contributed by atoms with Crippen LogP contribution >= 0.6 is 0 Å². The topological polar surface area (TPSA) is 30.9 Å². The van der Waals surface area contributed by atoms with Gasteiger partial charge in [0.25, 0.3) is 0 Å². The normalized spacial score (nSPS) is 10.5. The largest absolute Gasteiger partial charge is 0.351 e. The zero-order valence-corrected chi connectivity index (χ0v) is 7.17. The summed E-state index contributed by atoms with van der Waals surface area (Å²) in [6, 6.07) is 2.02. The van der Waals surface area contributed by atoms with Crippen molar-refractivity contribution in [3.05, 3.63) is 24.0 Å². The van der Waals surface area contributed by atoms with Crippen LogP contribution in [0.15, 0.2) is 18.5 Å². The SMILES string of the molecule is NCCCc1ccn(CCF)c1. The first-order chi connectivity index (χ1) is 5.86. The van der Waals surface area contributed by atoms with E-state index in [9.17, 15) is 4.39 Å². The van der Waals surface area contributed by atoms with Gasteiger partial charge in [-0.2, -0.15) is 0 Å². The molecule has 1 aromatic heterocycles. The number of aryl methyl sites for hydroxylation is 2. The lowest BCUT2D eigenvalue weighted by atomic mass is 10.2. The van der Waals surface area contributed by atoms with Crippen LogP contribution in [0.3, 0.4) is 0 Å². The first kappa shape index (κ1) is 9.26. The Kier molecular flexibility index (Phi) is 3.80. The number of halogens is 1. The molecule has 68 valence electrons. The van der Waals surface area contributed by atoms with E-state index in [1.54, 1.807) is 0 Å². The molecule has 0 saturated carbocycles. The quantitative estimate of drug-likeness (QED) is 0.710. The van der Waals surface area contributed by atoms with Gasteiger partial charge in [0.1, 0.15) is 6.67 Å². The molecular weight excluding hydrogens is 155 g/mol. The molecule has 0 spiro atoms. The predicted molar refractivity (Wildman–Crippen MR) is 47.8 cm³/mol. The number of nitrogens with zero attached hydrogens (tertiary/aromatic N) is 1. The number of alkyl halides is 1. The molecule has 2 nitrogen and oxygen atoms in total. The molecule has 2 N–H and O–H groups in total. The Morgan fingerprint density at radius 2 is 2.33 bits per heavy atom. The van der Waals surface area contributed by atoms with Crippen LogP contribution in [0.1, 0.15) is 12.0 Å². The fraction of sp³-hybridized carbons (Fsp3) is 0.556. The maximum atomic E-state index is 11.9. The van der Waals surface area contributed by atoms with E-state index in [1.165, 1.54) is 5.56 Å². The maximum Gasteiger partial charge on any atom is 0.107 e. The summed E-state index contributed by atoms with van der Waals surface area (Å²) in [6.07, 6.45) is 5.89. The highest BCUT2D eigenvalue weighted by atomic mass is 19.1. The molecule has 0 aliphatic heterocycles. The first-order valence-electron chi connectivity index (χ1n) is 4.27. The van der Waals surface area contributed by atoms with Crippen molar-refractivity contribution in [3.8, 4) is 0 Å². The van der Waals surface area contributed by atoms with Crippen LogP contribution in [-0.2, 0) is 13.0 Å². The second kappa shape index (κ2) is 4.93. The van der Waals surface area contributed by atoms with Crippen LogP contribution in [-0.4, -0.2) is 17.8 Å². The third-order valence-electron chi connectivity index (χ3n) is 1.82. The molecule has 1 aromatic rings. The molecule has 1 rings (SSSR count). The van der Waals surface area contributed by atoms with Crippen molar-refractivity contribution in [2.75, 3.05) is 13.2 Å². The number of hydrogen-bond acceptors (Lipinski definition) is 1. The lowest BCUT2D eigenvalue weighted by molar-refractivity contribution is 0.446. The van der Waals surface area contributed by atoms with E-state index in [0.29, 0.717) is 13.1 Å². The Labute approximate surface area is 72.2 Å². The highest BCUT2D eigenvalue weighted by molar-refractivity contribution is 5.10. The molecule has 0 aromatic carbocycles. The highest BCUT2D eigenvalue weighted by Gasteiger charge is 1.95. The average molecular weight is 170 g/mol. The van der Waals surface area contributed by atoms with Crippen LogP contribution in [0.25, 0.3) is 0 Å². The van der Waals surface area contributed by atoms with Gasteiger partial charge in [-0.3, -0.25) is 0 Å². The summed E-state index contributed by atoms with van der Waals surface area (Å²) in [6.45, 7) is 0.877. The van der Waals surface area contributed by atoms with Gasteiger partial charge in [0, 0.05) is 12.4 Å². The van der Waals surface area contributed by atoms with E-state index >= 15 is 0 Å². The predicted octanol–water partition coefficient (Wildman–Crippen LogP) is 1.35. The van der Waals surface area contributed by atoms with E-state index in [0.717, 1.165) is 12.8 Å². The zero-order valence-electron chi connectivity index (χ0n) is 7.17. The van der Waals surface area contributed by atoms with Crippen molar-refractivity contribution < 1.29 is 4.39 Å². The molecule has 1 heterocycles. The molecular formula is C9H15FN2. The van der Waals surface area contributed by atoms with Crippen molar-refractivity contribution in [2.24, 2.45) is 5.73 Å². The molecule has 12 heavy (non-hydrogen) atoms. The zero-order chi connectivity index (χ0) is 8.81. The Morgan fingerprint density at radius 1 is 1.50 bits per heavy atom. The molecule has 0 bridgehead atoms. The minimum absolute atomic E-state index is 0.301. The third-order valence-corrected chi connectivity index (χ3v) is 1.82. The van der Waals surface area contributed by atoms with Crippen LogP contribution in [0.2, 0.25) is 0 Å². The Morgan fingerprint density at radius 3 is 3.00 bits per heavy atom. The summed E-state index contributed by atoms with van der Waals surface area (Å²) in [5, 5.41) is 0. The number of nitrogens with two attached hydrogens (primary N) is 1. The monoisotopic (exact) mass is 170 g/mol. The Bertz CT molecular complexity index is 220. The third kappa shape index (κ3) is 2.66. The first-order valence-corrected chi connectivity index (χ1v) is 4.27. The van der Waals surface area contributed by atoms with Gasteiger partial charge in [0.2, 0.25) is 0 Å². The molecule has 0 aliphatic rings. The van der Waals surface area contributed by atoms with Gasteiger partial charge < -0.3 is 10.3 Å². The maximum absolute atomic E-state index is 11.9. The summed E-state index contributed by atoms with van der Waals surface area (Å²) in [5.74, 6) is 0. The summed E-state index contributed by atoms with van der Waals surface area (Å²) < 4.78 is 13.8. The van der Waals surface area contributed by atoms with Crippen LogP contribution in [0, 0.1) is 0 Å². The smallest absolute Gasteiger partial charge is 0.107 e. The van der Waals surface area contributed by atoms with Crippen molar-refractivity contribution in [1.29, 1.82) is 0 Å². The van der Waals surface area contributed by atoms with Crippen molar-refractivity contribution >= 4 is 0 Å². The Balaban J connectivity index is 2.41. The molecule has 0 atom stereocenters. The van der Waals surface area contributed by atoms with E-state index < -0.39 is 0 Å². The lowest BCUT2D eigenvalue weighted by Gasteiger charge is -1.96. The van der Waals surface area contributed by atoms with Crippen LogP contribution < -0.4 is 5.73 Å². The summed E-state index contributed by atoms with van der Waals surface area (Å²) in [4.78, 5) is 0. The highest BCUT2D eigenvalue weighted by Crippen LogP contribution is 2.03. The van der Waals surface area contributed by atoms with E-state index in [4.69, 9.17) is 5.73 Å². The number of rotatable bonds is 5. The fourth-order valence-corrected chi connectivity index (χ4v) is 1.18. The van der Waals surface area contributed by atoms with Gasteiger partial charge in [-0.1, -0.05) is 0 Å². The molecule has 0 saturated heterocycles. The van der Waals surface area contributed by atoms with Gasteiger partial charge in [-0.25, -0.2) is 4.39 Å². The van der Waals surface area contributed by atoms with Crippen molar-refractivity contribution in [3.63, 3.8) is 0 Å². The minimum Gasteiger partial charge on any atom is -0.351 e. The summed E-state index contributed by atoms with van der Waals surface area (Å²) in [5.41, 5.74) is 6.62. The van der Waals surface area contributed by atoms with Crippen LogP contribution in [0.5, 0.6) is 0 Å². The van der Waals surface area contributed by atoms with Crippen molar-refractivity contribution in [2.45, 2.75) is 19.4 Å². The molecule has 3 heteroatoms. The summed E-state index contributed by atoms with van der Waals surface area (Å²) in [7, 11) is 0. The van der Waals surface area contributed by atoms with Crippen molar-refractivity contribution in [1.82, 2.24) is 4.57 Å². The van der Waals surface area contributed by atoms with Gasteiger partial charge >= 0.3 is 0 Å². The van der Waals surface area contributed by atoms with Gasteiger partial charge in [0.05, 0.1) is 6.54 Å². The molecule has 0 fully saturated rings. The number of aromatic nitrogens is 1. The second-order valence-corrected chi connectivity index (χ2v) is 2.84. The lowest BCUT2D eigenvalue weighted by Crippen LogP contribution is -2.00. The van der Waals surface area contributed by atoms with Gasteiger partial charge in [-0.15, -0.1) is 0 Å². The average Bonchev–Trinajstić information content (AvgIpc) is 2.50. The standard InChI is InChI=1S/C9H15FN2/c10-4-7-12-6-3-9(8-12)2-1-5-11/h3,6,8H,1-2,4-5,7,11H2. The van der Waals surface area contributed by atoms with E-state index in [2.05, 4.69) is 0 Å². The second-order valence-electron chi connectivity index (χ2n) is 2.84. The Hall–Kier alpha value is -0.830. The summed E-state index contributed by atoms with van der Waals surface area (Å²) >= 11 is 0. The molecule has 0 unspecified atom stereocenters. The molecule has 0 radical (unpaired) electrons. The fourth-order valence-electron chi connectivity index (χ4n) is 1.18. The minimum atomic E-state index is -0.301. The van der Waals surface area contributed by atoms with Crippen LogP contribution in [0.4, 0.5) is 4.39 Å². The van der Waals surface area contributed by atoms with Gasteiger partial charge in [-0.05, 0) is 31.0 Å². The molecule has 0 amide bonds. The number of hydrogen-bond donors (Lipinski definition) is 1. The van der Waals surface area contributed by atoms with E-state index in [-0.39, 0.29) is 6.67 Å².